The lowest BCUT2D eigenvalue weighted by Gasteiger charge is -2.34. The number of piperidine rings is 1. The Morgan fingerprint density at radius 3 is 2.43 bits per heavy atom. The van der Waals surface area contributed by atoms with Crippen LogP contribution in [0.3, 0.4) is 0 Å². The molecule has 0 aromatic heterocycles. The van der Waals surface area contributed by atoms with Crippen molar-refractivity contribution in [1.29, 1.82) is 0 Å². The van der Waals surface area contributed by atoms with Crippen LogP contribution >= 0.6 is 0 Å². The maximum Gasteiger partial charge on any atom is 0.191 e. The third-order valence-electron chi connectivity index (χ3n) is 5.98. The van der Waals surface area contributed by atoms with E-state index in [2.05, 4.69) is 55.1 Å². The monoisotopic (exact) mass is 395 g/mol. The zero-order chi connectivity index (χ0) is 20.4. The number of rotatable bonds is 10. The third-order valence-corrected chi connectivity index (χ3v) is 5.98. The second-order valence-corrected chi connectivity index (χ2v) is 8.99. The van der Waals surface area contributed by atoms with E-state index in [1.165, 1.54) is 38.9 Å². The van der Waals surface area contributed by atoms with E-state index in [0.29, 0.717) is 18.1 Å². The minimum Gasteiger partial charge on any atom is -0.381 e. The standard InChI is InChI=1S/C22H45N5O/c1-6-23-22(24-11-7-12-27(18(2)3)19(4)5)25-21-8-13-26(14-9-21)16-20-10-15-28-17-20/h18-21H,6-17H2,1-5H3,(H2,23,24,25). The second kappa shape index (κ2) is 12.7. The number of nitrogens with zero attached hydrogens (tertiary/aromatic N) is 3. The minimum absolute atomic E-state index is 0.539. The summed E-state index contributed by atoms with van der Waals surface area (Å²) in [5.74, 6) is 1.74. The van der Waals surface area contributed by atoms with Gasteiger partial charge in [0.05, 0.1) is 6.61 Å². The molecule has 0 aliphatic carbocycles. The van der Waals surface area contributed by atoms with E-state index in [-0.39, 0.29) is 0 Å². The predicted molar refractivity (Wildman–Crippen MR) is 119 cm³/mol. The summed E-state index contributed by atoms with van der Waals surface area (Å²) in [5, 5.41) is 7.11. The molecule has 0 saturated carbocycles. The highest BCUT2D eigenvalue weighted by molar-refractivity contribution is 5.80. The highest BCUT2D eigenvalue weighted by Gasteiger charge is 2.24. The molecule has 2 rings (SSSR count). The zero-order valence-electron chi connectivity index (χ0n) is 19.0. The molecule has 2 N–H and O–H groups in total. The number of hydrogen-bond acceptors (Lipinski definition) is 4. The van der Waals surface area contributed by atoms with Crippen molar-refractivity contribution in [3.63, 3.8) is 0 Å². The summed E-state index contributed by atoms with van der Waals surface area (Å²) in [6.07, 6.45) is 4.74. The number of hydrogen-bond donors (Lipinski definition) is 2. The Labute approximate surface area is 173 Å². The molecule has 0 radical (unpaired) electrons. The molecule has 2 aliphatic heterocycles. The van der Waals surface area contributed by atoms with Crippen LogP contribution in [0.5, 0.6) is 0 Å². The molecule has 1 unspecified atom stereocenters. The fourth-order valence-electron chi connectivity index (χ4n) is 4.42. The summed E-state index contributed by atoms with van der Waals surface area (Å²) in [5.41, 5.74) is 0. The maximum atomic E-state index is 5.52. The molecule has 164 valence electrons. The first kappa shape index (κ1) is 23.4. The van der Waals surface area contributed by atoms with Gasteiger partial charge in [-0.1, -0.05) is 0 Å². The summed E-state index contributed by atoms with van der Waals surface area (Å²) in [7, 11) is 0. The molecule has 2 fully saturated rings. The molecule has 2 saturated heterocycles. The quantitative estimate of drug-likeness (QED) is 0.338. The van der Waals surface area contributed by atoms with Crippen LogP contribution in [0.25, 0.3) is 0 Å². The maximum absolute atomic E-state index is 5.52. The third kappa shape index (κ3) is 8.26. The molecule has 6 nitrogen and oxygen atoms in total. The van der Waals surface area contributed by atoms with Crippen LogP contribution in [-0.4, -0.2) is 86.4 Å². The second-order valence-electron chi connectivity index (χ2n) is 8.99. The van der Waals surface area contributed by atoms with Gasteiger partial charge in [0.25, 0.3) is 0 Å². The van der Waals surface area contributed by atoms with Crippen LogP contribution < -0.4 is 10.6 Å². The average Bonchev–Trinajstić information content (AvgIpc) is 3.15. The van der Waals surface area contributed by atoms with E-state index in [1.807, 2.05) is 0 Å². The van der Waals surface area contributed by atoms with E-state index in [4.69, 9.17) is 9.73 Å². The normalized spacial score (nSPS) is 22.6. The van der Waals surface area contributed by atoms with Gasteiger partial charge in [0.2, 0.25) is 0 Å². The van der Waals surface area contributed by atoms with E-state index in [9.17, 15) is 0 Å². The smallest absolute Gasteiger partial charge is 0.191 e. The molecule has 28 heavy (non-hydrogen) atoms. The molecule has 2 heterocycles. The van der Waals surface area contributed by atoms with Crippen molar-refractivity contribution in [3.05, 3.63) is 0 Å². The summed E-state index contributed by atoms with van der Waals surface area (Å²) in [6, 6.07) is 1.73. The summed E-state index contributed by atoms with van der Waals surface area (Å²) in [6.45, 7) is 19.7. The van der Waals surface area contributed by atoms with Crippen molar-refractivity contribution in [2.45, 2.75) is 78.4 Å². The van der Waals surface area contributed by atoms with Gasteiger partial charge in [-0.25, -0.2) is 0 Å². The lowest BCUT2D eigenvalue weighted by Crippen LogP contribution is -2.49. The largest absolute Gasteiger partial charge is 0.381 e. The number of nitrogens with one attached hydrogen (secondary N) is 2. The van der Waals surface area contributed by atoms with Gasteiger partial charge in [-0.15, -0.1) is 0 Å². The average molecular weight is 396 g/mol. The SMILES string of the molecule is CCNC(=NCCCN(C(C)C)C(C)C)NC1CCN(CC2CCOC2)CC1. The minimum atomic E-state index is 0.539. The number of aliphatic imine (C=N–C) groups is 1. The van der Waals surface area contributed by atoms with E-state index >= 15 is 0 Å². The molecule has 0 aromatic rings. The van der Waals surface area contributed by atoms with Crippen LogP contribution in [0, 0.1) is 5.92 Å². The van der Waals surface area contributed by atoms with Gasteiger partial charge in [0.1, 0.15) is 0 Å². The topological polar surface area (TPSA) is 52.1 Å². The van der Waals surface area contributed by atoms with E-state index in [0.717, 1.165) is 51.1 Å². The van der Waals surface area contributed by atoms with Gasteiger partial charge in [0, 0.05) is 64.0 Å². The van der Waals surface area contributed by atoms with Crippen LogP contribution in [0.1, 0.15) is 60.3 Å². The number of likely N-dealkylation sites (tertiary alicyclic amines) is 1. The van der Waals surface area contributed by atoms with Gasteiger partial charge in [0.15, 0.2) is 5.96 Å². The molecule has 0 bridgehead atoms. The van der Waals surface area contributed by atoms with Crippen molar-refractivity contribution in [2.75, 3.05) is 52.5 Å². The van der Waals surface area contributed by atoms with Crippen molar-refractivity contribution in [3.8, 4) is 0 Å². The molecule has 0 aromatic carbocycles. The number of guanidine groups is 1. The van der Waals surface area contributed by atoms with Crippen molar-refractivity contribution < 1.29 is 4.74 Å². The molecule has 0 spiro atoms. The number of ether oxygens (including phenoxy) is 1. The van der Waals surface area contributed by atoms with Crippen molar-refractivity contribution >= 4 is 5.96 Å². The van der Waals surface area contributed by atoms with Crippen molar-refractivity contribution in [2.24, 2.45) is 10.9 Å². The molecule has 1 atom stereocenters. The van der Waals surface area contributed by atoms with Gasteiger partial charge >= 0.3 is 0 Å². The van der Waals surface area contributed by atoms with Gasteiger partial charge in [-0.2, -0.15) is 0 Å². The lowest BCUT2D eigenvalue weighted by molar-refractivity contribution is 0.150. The Balaban J connectivity index is 1.70. The Morgan fingerprint density at radius 1 is 1.14 bits per heavy atom. The van der Waals surface area contributed by atoms with Crippen LogP contribution in [0.4, 0.5) is 0 Å². The summed E-state index contributed by atoms with van der Waals surface area (Å²) < 4.78 is 5.52. The highest BCUT2D eigenvalue weighted by atomic mass is 16.5. The van der Waals surface area contributed by atoms with Gasteiger partial charge < -0.3 is 20.3 Å². The van der Waals surface area contributed by atoms with Gasteiger partial charge in [-0.05, 0) is 66.2 Å². The first-order chi connectivity index (χ1) is 13.5. The van der Waals surface area contributed by atoms with Crippen LogP contribution in [0.2, 0.25) is 0 Å². The van der Waals surface area contributed by atoms with Crippen molar-refractivity contribution in [1.82, 2.24) is 20.4 Å². The van der Waals surface area contributed by atoms with Crippen LogP contribution in [0.15, 0.2) is 4.99 Å². The molecular formula is C22H45N5O. The first-order valence-electron chi connectivity index (χ1n) is 11.6. The Morgan fingerprint density at radius 2 is 1.86 bits per heavy atom. The van der Waals surface area contributed by atoms with Crippen LogP contribution in [-0.2, 0) is 4.74 Å². The fraction of sp³-hybridized carbons (Fsp3) is 0.955. The molecule has 0 amide bonds. The highest BCUT2D eigenvalue weighted by Crippen LogP contribution is 2.17. The Bertz CT molecular complexity index is 432. The summed E-state index contributed by atoms with van der Waals surface area (Å²) in [4.78, 5) is 10.00. The zero-order valence-corrected chi connectivity index (χ0v) is 19.0. The molecular weight excluding hydrogens is 350 g/mol. The van der Waals surface area contributed by atoms with E-state index < -0.39 is 0 Å². The Hall–Kier alpha value is -0.850. The molecule has 2 aliphatic rings. The summed E-state index contributed by atoms with van der Waals surface area (Å²) >= 11 is 0. The lowest BCUT2D eigenvalue weighted by atomic mass is 10.0. The predicted octanol–water partition coefficient (Wildman–Crippen LogP) is 2.55. The van der Waals surface area contributed by atoms with Gasteiger partial charge in [-0.3, -0.25) is 9.89 Å². The molecule has 6 heteroatoms. The van der Waals surface area contributed by atoms with E-state index in [1.54, 1.807) is 0 Å². The Kier molecular flexibility index (Phi) is 10.6. The fourth-order valence-corrected chi connectivity index (χ4v) is 4.42. The first-order valence-corrected chi connectivity index (χ1v) is 11.6.